The summed E-state index contributed by atoms with van der Waals surface area (Å²) in [6.07, 6.45) is 5.05. The fourth-order valence-corrected chi connectivity index (χ4v) is 2.12. The van der Waals surface area contributed by atoms with Crippen molar-refractivity contribution in [2.75, 3.05) is 27.3 Å². The van der Waals surface area contributed by atoms with Gasteiger partial charge >= 0.3 is 0 Å². The molecule has 0 aliphatic rings. The quantitative estimate of drug-likeness (QED) is 0.329. The normalized spacial score (nSPS) is 12.3. The molecule has 0 aliphatic heterocycles. The Bertz CT molecular complexity index is 490. The van der Waals surface area contributed by atoms with E-state index in [4.69, 9.17) is 14.7 Å². The monoisotopic (exact) mass is 290 g/mol. The molecule has 0 fully saturated rings. The van der Waals surface area contributed by atoms with Crippen LogP contribution in [0.1, 0.15) is 11.6 Å². The van der Waals surface area contributed by atoms with Gasteiger partial charge < -0.3 is 14.7 Å². The van der Waals surface area contributed by atoms with Gasteiger partial charge in [0.25, 0.3) is 0 Å². The third-order valence-corrected chi connectivity index (χ3v) is 3.08. The van der Waals surface area contributed by atoms with Gasteiger partial charge in [0, 0.05) is 13.1 Å². The Balaban J connectivity index is 3.20. The van der Waals surface area contributed by atoms with Crippen molar-refractivity contribution in [1.29, 1.82) is 0 Å². The lowest BCUT2D eigenvalue weighted by atomic mass is 10.1. The highest BCUT2D eigenvalue weighted by molar-refractivity contribution is 5.67. The van der Waals surface area contributed by atoms with Gasteiger partial charge in [-0.3, -0.25) is 4.90 Å². The van der Waals surface area contributed by atoms with Crippen LogP contribution in [0.5, 0.6) is 11.5 Å². The molecule has 1 aromatic rings. The van der Waals surface area contributed by atoms with Gasteiger partial charge in [0.2, 0.25) is 0 Å². The summed E-state index contributed by atoms with van der Waals surface area (Å²) in [4.78, 5) is 2.06. The molecule has 114 valence electrons. The van der Waals surface area contributed by atoms with Crippen LogP contribution in [0.3, 0.4) is 0 Å². The average Bonchev–Trinajstić information content (AvgIpc) is 2.52. The molecule has 0 bridgehead atoms. The van der Waals surface area contributed by atoms with Crippen molar-refractivity contribution < 1.29 is 14.7 Å². The van der Waals surface area contributed by atoms with Gasteiger partial charge in [-0.15, -0.1) is 18.3 Å². The minimum atomic E-state index is -0.217. The molecule has 1 rings (SSSR count). The zero-order valence-electron chi connectivity index (χ0n) is 12.5. The van der Waals surface area contributed by atoms with Crippen molar-refractivity contribution in [2.45, 2.75) is 6.04 Å². The summed E-state index contributed by atoms with van der Waals surface area (Å²) in [6, 6.07) is 5.38. The Morgan fingerprint density at radius 3 is 2.29 bits per heavy atom. The van der Waals surface area contributed by atoms with E-state index in [0.717, 1.165) is 5.56 Å². The Hall–Kier alpha value is -2.27. The summed E-state index contributed by atoms with van der Waals surface area (Å²) in [6.45, 7) is 8.78. The summed E-state index contributed by atoms with van der Waals surface area (Å²) in [5, 5.41) is 12.1. The lowest BCUT2D eigenvalue weighted by Gasteiger charge is -2.27. The first-order valence-electron chi connectivity index (χ1n) is 6.57. The molecule has 1 N–H and O–H groups in total. The highest BCUT2D eigenvalue weighted by atomic mass is 16.5. The van der Waals surface area contributed by atoms with Crippen molar-refractivity contribution in [3.63, 3.8) is 0 Å². The minimum Gasteiger partial charge on any atom is -0.493 e. The minimum absolute atomic E-state index is 0.217. The second kappa shape index (κ2) is 8.81. The molecule has 1 aromatic carbocycles. The van der Waals surface area contributed by atoms with Crippen LogP contribution in [-0.4, -0.2) is 43.6 Å². The first kappa shape index (κ1) is 16.8. The van der Waals surface area contributed by atoms with Crippen LogP contribution in [0.4, 0.5) is 0 Å². The van der Waals surface area contributed by atoms with E-state index in [1.807, 2.05) is 18.2 Å². The number of ether oxygens (including phenoxy) is 2. The SMILES string of the molecule is C=CCN(CC=C)C(/C=N/O)c1ccc(OC)c(OC)c1. The van der Waals surface area contributed by atoms with Crippen LogP contribution in [0, 0.1) is 0 Å². The molecule has 0 saturated carbocycles. The van der Waals surface area contributed by atoms with Gasteiger partial charge in [0.1, 0.15) is 0 Å². The summed E-state index contributed by atoms with van der Waals surface area (Å²) in [7, 11) is 3.17. The molecule has 0 aromatic heterocycles. The van der Waals surface area contributed by atoms with E-state index < -0.39 is 0 Å². The Morgan fingerprint density at radius 2 is 1.81 bits per heavy atom. The highest BCUT2D eigenvalue weighted by Gasteiger charge is 2.19. The summed E-state index contributed by atoms with van der Waals surface area (Å²) in [5.41, 5.74) is 0.925. The molecule has 0 saturated heterocycles. The predicted octanol–water partition coefficient (Wildman–Crippen LogP) is 2.88. The molecular formula is C16H22N2O3. The molecule has 1 atom stereocenters. The maximum Gasteiger partial charge on any atom is 0.161 e. The van der Waals surface area contributed by atoms with Crippen LogP contribution in [0.2, 0.25) is 0 Å². The smallest absolute Gasteiger partial charge is 0.161 e. The van der Waals surface area contributed by atoms with E-state index in [1.54, 1.807) is 26.4 Å². The van der Waals surface area contributed by atoms with Crippen molar-refractivity contribution >= 4 is 6.21 Å². The molecule has 0 spiro atoms. The van der Waals surface area contributed by atoms with Gasteiger partial charge in [0.05, 0.1) is 26.5 Å². The maximum absolute atomic E-state index is 8.95. The molecule has 5 heteroatoms. The van der Waals surface area contributed by atoms with E-state index in [9.17, 15) is 0 Å². The predicted molar refractivity (Wildman–Crippen MR) is 84.5 cm³/mol. The van der Waals surface area contributed by atoms with Crippen molar-refractivity contribution in [3.8, 4) is 11.5 Å². The molecular weight excluding hydrogens is 268 g/mol. The number of methoxy groups -OCH3 is 2. The third-order valence-electron chi connectivity index (χ3n) is 3.08. The molecule has 0 amide bonds. The van der Waals surface area contributed by atoms with Crippen molar-refractivity contribution in [2.24, 2.45) is 5.16 Å². The molecule has 0 aliphatic carbocycles. The van der Waals surface area contributed by atoms with E-state index in [-0.39, 0.29) is 6.04 Å². The summed E-state index contributed by atoms with van der Waals surface area (Å²) >= 11 is 0. The zero-order valence-corrected chi connectivity index (χ0v) is 12.5. The fraction of sp³-hybridized carbons (Fsp3) is 0.312. The van der Waals surface area contributed by atoms with Crippen molar-refractivity contribution in [3.05, 3.63) is 49.1 Å². The Kier molecular flexibility index (Phi) is 7.04. The molecule has 1 unspecified atom stereocenters. The van der Waals surface area contributed by atoms with Crippen LogP contribution in [-0.2, 0) is 0 Å². The van der Waals surface area contributed by atoms with E-state index in [0.29, 0.717) is 24.6 Å². The van der Waals surface area contributed by atoms with E-state index in [1.165, 1.54) is 6.21 Å². The topological polar surface area (TPSA) is 54.3 Å². The lowest BCUT2D eigenvalue weighted by Crippen LogP contribution is -2.30. The summed E-state index contributed by atoms with van der Waals surface area (Å²) in [5.74, 6) is 1.28. The average molecular weight is 290 g/mol. The Morgan fingerprint density at radius 1 is 1.19 bits per heavy atom. The largest absolute Gasteiger partial charge is 0.493 e. The lowest BCUT2D eigenvalue weighted by molar-refractivity contribution is 0.283. The number of nitrogens with zero attached hydrogens (tertiary/aromatic N) is 2. The van der Waals surface area contributed by atoms with Gasteiger partial charge in [-0.05, 0) is 17.7 Å². The van der Waals surface area contributed by atoms with Crippen LogP contribution in [0.25, 0.3) is 0 Å². The first-order chi connectivity index (χ1) is 10.2. The summed E-state index contributed by atoms with van der Waals surface area (Å²) < 4.78 is 10.5. The number of hydrogen-bond donors (Lipinski definition) is 1. The standard InChI is InChI=1S/C16H22N2O3/c1-5-9-18(10-6-2)14(12-17-19)13-7-8-15(20-3)16(11-13)21-4/h5-8,11-12,14,19H,1-2,9-10H2,3-4H3/b17-12+. The highest BCUT2D eigenvalue weighted by Crippen LogP contribution is 2.31. The first-order valence-corrected chi connectivity index (χ1v) is 6.57. The third kappa shape index (κ3) is 4.36. The number of oxime groups is 1. The number of benzene rings is 1. The van der Waals surface area contributed by atoms with E-state index >= 15 is 0 Å². The fourth-order valence-electron chi connectivity index (χ4n) is 2.12. The second-order valence-corrected chi connectivity index (χ2v) is 4.36. The molecule has 21 heavy (non-hydrogen) atoms. The maximum atomic E-state index is 8.95. The van der Waals surface area contributed by atoms with E-state index in [2.05, 4.69) is 23.2 Å². The number of rotatable bonds is 9. The molecule has 0 radical (unpaired) electrons. The zero-order chi connectivity index (χ0) is 15.7. The molecule has 0 heterocycles. The van der Waals surface area contributed by atoms with Gasteiger partial charge in [-0.2, -0.15) is 0 Å². The second-order valence-electron chi connectivity index (χ2n) is 4.36. The van der Waals surface area contributed by atoms with Crippen molar-refractivity contribution in [1.82, 2.24) is 4.90 Å². The van der Waals surface area contributed by atoms with Crippen LogP contribution in [0.15, 0.2) is 48.7 Å². The Labute approximate surface area is 125 Å². The van der Waals surface area contributed by atoms with Crippen LogP contribution < -0.4 is 9.47 Å². The van der Waals surface area contributed by atoms with Gasteiger partial charge in [-0.25, -0.2) is 0 Å². The molecule has 5 nitrogen and oxygen atoms in total. The van der Waals surface area contributed by atoms with Crippen LogP contribution >= 0.6 is 0 Å². The van der Waals surface area contributed by atoms with Gasteiger partial charge in [-0.1, -0.05) is 18.2 Å². The number of hydrogen-bond acceptors (Lipinski definition) is 5. The van der Waals surface area contributed by atoms with Gasteiger partial charge in [0.15, 0.2) is 11.5 Å².